The summed E-state index contributed by atoms with van der Waals surface area (Å²) in [6.07, 6.45) is 3.71. The van der Waals surface area contributed by atoms with Crippen LogP contribution in [0.1, 0.15) is 57.6 Å². The van der Waals surface area contributed by atoms with E-state index in [1.807, 2.05) is 60.7 Å². The predicted octanol–water partition coefficient (Wildman–Crippen LogP) is 4.06. The van der Waals surface area contributed by atoms with E-state index in [2.05, 4.69) is 24.5 Å². The van der Waals surface area contributed by atoms with Crippen molar-refractivity contribution in [2.45, 2.75) is 71.4 Å². The van der Waals surface area contributed by atoms with Gasteiger partial charge in [0, 0.05) is 19.3 Å². The molecule has 0 bridgehead atoms. The molecule has 0 aliphatic carbocycles. The van der Waals surface area contributed by atoms with Crippen LogP contribution in [0.15, 0.2) is 60.7 Å². The van der Waals surface area contributed by atoms with E-state index in [4.69, 9.17) is 0 Å². The minimum Gasteiger partial charge on any atom is -0.346 e. The minimum atomic E-state index is -0.587. The summed E-state index contributed by atoms with van der Waals surface area (Å²) in [5.41, 5.74) is 1.97. The van der Waals surface area contributed by atoms with Crippen LogP contribution in [0.3, 0.4) is 0 Å². The fourth-order valence-electron chi connectivity index (χ4n) is 4.26. The maximum absolute atomic E-state index is 13.0. The molecule has 2 amide bonds. The van der Waals surface area contributed by atoms with Gasteiger partial charge in [-0.05, 0) is 49.1 Å². The lowest BCUT2D eigenvalue weighted by Gasteiger charge is -2.22. The van der Waals surface area contributed by atoms with Crippen LogP contribution in [0.5, 0.6) is 0 Å². The number of amides is 2. The first kappa shape index (κ1) is 28.0. The predicted molar refractivity (Wildman–Crippen MR) is 138 cm³/mol. The van der Waals surface area contributed by atoms with Gasteiger partial charge >= 0.3 is 0 Å². The fraction of sp³-hybridized carbons (Fsp3) is 0.448. The first-order valence-corrected chi connectivity index (χ1v) is 12.4. The highest BCUT2D eigenvalue weighted by Gasteiger charge is 2.24. The zero-order chi connectivity index (χ0) is 25.6. The quantitative estimate of drug-likeness (QED) is 0.378. The Hall–Kier alpha value is -3.28. The van der Waals surface area contributed by atoms with Crippen molar-refractivity contribution >= 4 is 23.9 Å². The van der Waals surface area contributed by atoms with Crippen molar-refractivity contribution in [3.63, 3.8) is 0 Å². The van der Waals surface area contributed by atoms with E-state index in [0.717, 1.165) is 17.4 Å². The highest BCUT2D eigenvalue weighted by Crippen LogP contribution is 2.20. The summed E-state index contributed by atoms with van der Waals surface area (Å²) in [6, 6.07) is 18.0. The smallest absolute Gasteiger partial charge is 0.223 e. The van der Waals surface area contributed by atoms with E-state index >= 15 is 0 Å². The summed E-state index contributed by atoms with van der Waals surface area (Å²) in [5, 5.41) is 5.66. The molecule has 188 valence electrons. The monoisotopic (exact) mass is 478 g/mol. The molecule has 0 radical (unpaired) electrons. The lowest BCUT2D eigenvalue weighted by molar-refractivity contribution is -0.128. The maximum atomic E-state index is 13.0. The zero-order valence-corrected chi connectivity index (χ0v) is 21.0. The van der Waals surface area contributed by atoms with Crippen molar-refractivity contribution in [3.8, 4) is 0 Å². The van der Waals surface area contributed by atoms with Crippen LogP contribution >= 0.6 is 0 Å². The Morgan fingerprint density at radius 3 is 1.94 bits per heavy atom. The highest BCUT2D eigenvalue weighted by atomic mass is 16.2. The number of Topliss-reactive ketones (excluding diaryl/α,β-unsaturated/α-hetero) is 1. The summed E-state index contributed by atoms with van der Waals surface area (Å²) in [7, 11) is 0. The topological polar surface area (TPSA) is 92.3 Å². The van der Waals surface area contributed by atoms with Crippen LogP contribution in [-0.4, -0.2) is 36.0 Å². The Balaban J connectivity index is 1.95. The van der Waals surface area contributed by atoms with Gasteiger partial charge < -0.3 is 15.4 Å². The van der Waals surface area contributed by atoms with Gasteiger partial charge in [0.2, 0.25) is 11.8 Å². The molecule has 35 heavy (non-hydrogen) atoms. The zero-order valence-electron chi connectivity index (χ0n) is 21.0. The second kappa shape index (κ2) is 14.9. The molecule has 0 saturated carbocycles. The van der Waals surface area contributed by atoms with Crippen molar-refractivity contribution in [2.75, 3.05) is 0 Å². The SMILES string of the molecule is CC(=O)N[C@@H](Cc1ccccc1)C(=O)CCC[C@@H](CC(C)C)C(=O)N[C@H](C=O)Cc1ccccc1. The van der Waals surface area contributed by atoms with E-state index in [1.165, 1.54) is 6.92 Å². The number of hydrogen-bond donors (Lipinski definition) is 2. The first-order valence-electron chi connectivity index (χ1n) is 12.4. The van der Waals surface area contributed by atoms with Gasteiger partial charge in [0.05, 0.1) is 12.1 Å². The van der Waals surface area contributed by atoms with E-state index in [9.17, 15) is 19.2 Å². The standard InChI is InChI=1S/C29H38N2O4/c1-21(2)17-25(29(35)31-26(20-32)18-23-11-6-4-7-12-23)15-10-16-28(34)27(30-22(3)33)19-24-13-8-5-9-14-24/h4-9,11-14,20-21,25-27H,10,15-19H2,1-3H3,(H,30,33)(H,31,35)/t25-,26-,27-/m0/s1. The molecular weight excluding hydrogens is 440 g/mol. The van der Waals surface area contributed by atoms with Gasteiger partial charge in [-0.15, -0.1) is 0 Å². The van der Waals surface area contributed by atoms with Crippen molar-refractivity contribution in [2.24, 2.45) is 11.8 Å². The number of rotatable bonds is 15. The molecule has 0 fully saturated rings. The van der Waals surface area contributed by atoms with Gasteiger partial charge in [0.1, 0.15) is 6.29 Å². The van der Waals surface area contributed by atoms with Crippen LogP contribution < -0.4 is 10.6 Å². The summed E-state index contributed by atoms with van der Waals surface area (Å²) < 4.78 is 0. The summed E-state index contributed by atoms with van der Waals surface area (Å²) >= 11 is 0. The second-order valence-corrected chi connectivity index (χ2v) is 9.57. The molecule has 0 saturated heterocycles. The molecule has 2 rings (SSSR count). The van der Waals surface area contributed by atoms with Crippen LogP contribution in [0, 0.1) is 11.8 Å². The van der Waals surface area contributed by atoms with Crippen LogP contribution in [0.25, 0.3) is 0 Å². The third kappa shape index (κ3) is 10.7. The molecule has 6 nitrogen and oxygen atoms in total. The van der Waals surface area contributed by atoms with Crippen LogP contribution in [0.2, 0.25) is 0 Å². The Labute approximate surface area is 208 Å². The normalized spacial score (nSPS) is 13.5. The number of ketones is 1. The number of hydrogen-bond acceptors (Lipinski definition) is 4. The molecule has 2 aromatic carbocycles. The molecule has 0 heterocycles. The number of aldehydes is 1. The maximum Gasteiger partial charge on any atom is 0.223 e. The summed E-state index contributed by atoms with van der Waals surface area (Å²) in [6.45, 7) is 5.52. The van der Waals surface area contributed by atoms with Crippen LogP contribution in [0.4, 0.5) is 0 Å². The Morgan fingerprint density at radius 2 is 1.43 bits per heavy atom. The molecule has 6 heteroatoms. The van der Waals surface area contributed by atoms with E-state index in [0.29, 0.717) is 38.0 Å². The molecule has 3 atom stereocenters. The van der Waals surface area contributed by atoms with Crippen molar-refractivity contribution in [3.05, 3.63) is 71.8 Å². The molecule has 0 spiro atoms. The fourth-order valence-corrected chi connectivity index (χ4v) is 4.26. The van der Waals surface area contributed by atoms with Crippen molar-refractivity contribution < 1.29 is 19.2 Å². The molecule has 0 unspecified atom stereocenters. The Morgan fingerprint density at radius 1 is 0.857 bits per heavy atom. The van der Waals surface area contributed by atoms with Crippen LogP contribution in [-0.2, 0) is 32.0 Å². The van der Waals surface area contributed by atoms with Crippen molar-refractivity contribution in [1.82, 2.24) is 10.6 Å². The molecule has 0 aliphatic rings. The average Bonchev–Trinajstić information content (AvgIpc) is 2.83. The number of carbonyl (C=O) groups is 4. The largest absolute Gasteiger partial charge is 0.346 e. The molecule has 0 aliphatic heterocycles. The van der Waals surface area contributed by atoms with Crippen molar-refractivity contribution in [1.29, 1.82) is 0 Å². The molecule has 2 aromatic rings. The molecular formula is C29H38N2O4. The van der Waals surface area contributed by atoms with Gasteiger partial charge in [-0.2, -0.15) is 0 Å². The first-order chi connectivity index (χ1) is 16.8. The third-order valence-corrected chi connectivity index (χ3v) is 5.94. The van der Waals surface area contributed by atoms with Gasteiger partial charge in [0.25, 0.3) is 0 Å². The number of benzene rings is 2. The van der Waals surface area contributed by atoms with Gasteiger partial charge in [-0.1, -0.05) is 74.5 Å². The second-order valence-electron chi connectivity index (χ2n) is 9.57. The number of nitrogens with one attached hydrogen (secondary N) is 2. The van der Waals surface area contributed by atoms with E-state index in [1.54, 1.807) is 0 Å². The van der Waals surface area contributed by atoms with Gasteiger partial charge in [-0.25, -0.2) is 0 Å². The lowest BCUT2D eigenvalue weighted by atomic mass is 9.89. The third-order valence-electron chi connectivity index (χ3n) is 5.94. The lowest BCUT2D eigenvalue weighted by Crippen LogP contribution is -2.42. The van der Waals surface area contributed by atoms with Gasteiger partial charge in [0.15, 0.2) is 5.78 Å². The van der Waals surface area contributed by atoms with Gasteiger partial charge in [-0.3, -0.25) is 14.4 Å². The molecule has 0 aromatic heterocycles. The molecule has 2 N–H and O–H groups in total. The minimum absolute atomic E-state index is 0.0393. The Kier molecular flexibility index (Phi) is 11.9. The summed E-state index contributed by atoms with van der Waals surface area (Å²) in [4.78, 5) is 49.2. The van der Waals surface area contributed by atoms with E-state index in [-0.39, 0.29) is 29.9 Å². The highest BCUT2D eigenvalue weighted by molar-refractivity contribution is 5.88. The van der Waals surface area contributed by atoms with E-state index < -0.39 is 12.1 Å². The average molecular weight is 479 g/mol. The Bertz CT molecular complexity index is 944. The number of carbonyl (C=O) groups excluding carboxylic acids is 4. The summed E-state index contributed by atoms with van der Waals surface area (Å²) in [5.74, 6) is -0.413.